The van der Waals surface area contributed by atoms with Crippen molar-refractivity contribution >= 4 is 23.3 Å². The number of ether oxygens (including phenoxy) is 1. The highest BCUT2D eigenvalue weighted by Gasteiger charge is 2.28. The fourth-order valence-electron chi connectivity index (χ4n) is 2.61. The van der Waals surface area contributed by atoms with Crippen LogP contribution in [-0.2, 0) is 9.53 Å². The van der Waals surface area contributed by atoms with Crippen LogP contribution in [0.15, 0.2) is 24.3 Å². The Morgan fingerprint density at radius 3 is 3.05 bits per heavy atom. The first kappa shape index (κ1) is 14.2. The molecule has 0 heterocycles. The van der Waals surface area contributed by atoms with Gasteiger partial charge in [-0.2, -0.15) is 0 Å². The maximum atomic E-state index is 11.8. The quantitative estimate of drug-likeness (QED) is 0.852. The molecule has 0 aromatic heterocycles. The van der Waals surface area contributed by atoms with E-state index in [1.54, 1.807) is 0 Å². The maximum Gasteiger partial charge on any atom is 0.308 e. The van der Waals surface area contributed by atoms with Gasteiger partial charge in [-0.05, 0) is 44.4 Å². The average Bonchev–Trinajstić information content (AvgIpc) is 2.39. The number of carbonyl (C=O) groups excluding carboxylic acids is 1. The van der Waals surface area contributed by atoms with Crippen molar-refractivity contribution in [2.24, 2.45) is 5.92 Å². The molecule has 19 heavy (non-hydrogen) atoms. The number of benzene rings is 1. The van der Waals surface area contributed by atoms with E-state index in [4.69, 9.17) is 16.3 Å². The number of anilines is 1. The van der Waals surface area contributed by atoms with Gasteiger partial charge in [-0.3, -0.25) is 4.79 Å². The smallest absolute Gasteiger partial charge is 0.308 e. The highest BCUT2D eigenvalue weighted by atomic mass is 35.5. The molecule has 0 spiro atoms. The van der Waals surface area contributed by atoms with Crippen molar-refractivity contribution in [3.8, 4) is 0 Å². The standard InChI is InChI=1S/C15H20ClNO2/c1-2-19-15(18)11-5-3-7-13(9-11)17-14-8-4-6-12(16)10-14/h4,6,8,10-11,13,17H,2-3,5,7,9H2,1H3. The van der Waals surface area contributed by atoms with Gasteiger partial charge in [0.05, 0.1) is 12.5 Å². The Kier molecular flexibility index (Phi) is 5.08. The van der Waals surface area contributed by atoms with Crippen LogP contribution < -0.4 is 5.32 Å². The third kappa shape index (κ3) is 4.13. The lowest BCUT2D eigenvalue weighted by atomic mass is 9.85. The number of carbonyl (C=O) groups is 1. The Labute approximate surface area is 119 Å². The van der Waals surface area contributed by atoms with E-state index < -0.39 is 0 Å². The van der Waals surface area contributed by atoms with E-state index >= 15 is 0 Å². The summed E-state index contributed by atoms with van der Waals surface area (Å²) in [5, 5.41) is 4.18. The predicted octanol–water partition coefficient (Wildman–Crippen LogP) is 3.87. The molecule has 0 saturated heterocycles. The molecule has 0 amide bonds. The lowest BCUT2D eigenvalue weighted by Gasteiger charge is -2.29. The van der Waals surface area contributed by atoms with E-state index in [2.05, 4.69) is 5.32 Å². The van der Waals surface area contributed by atoms with E-state index in [0.29, 0.717) is 12.6 Å². The van der Waals surface area contributed by atoms with Crippen LogP contribution in [0.3, 0.4) is 0 Å². The fraction of sp³-hybridized carbons (Fsp3) is 0.533. The van der Waals surface area contributed by atoms with E-state index in [0.717, 1.165) is 36.4 Å². The molecule has 1 N–H and O–H groups in total. The van der Waals surface area contributed by atoms with Crippen molar-refractivity contribution in [2.75, 3.05) is 11.9 Å². The summed E-state index contributed by atoms with van der Waals surface area (Å²) < 4.78 is 5.11. The minimum atomic E-state index is -0.0555. The third-order valence-corrected chi connectivity index (χ3v) is 3.72. The zero-order valence-corrected chi connectivity index (χ0v) is 12.0. The van der Waals surface area contributed by atoms with Gasteiger partial charge >= 0.3 is 5.97 Å². The molecule has 1 aliphatic rings. The molecule has 4 heteroatoms. The topological polar surface area (TPSA) is 38.3 Å². The van der Waals surface area contributed by atoms with Gasteiger partial charge in [-0.25, -0.2) is 0 Å². The highest BCUT2D eigenvalue weighted by molar-refractivity contribution is 6.30. The van der Waals surface area contributed by atoms with Crippen LogP contribution in [-0.4, -0.2) is 18.6 Å². The Morgan fingerprint density at radius 1 is 1.47 bits per heavy atom. The molecule has 1 saturated carbocycles. The fourth-order valence-corrected chi connectivity index (χ4v) is 2.80. The molecule has 2 unspecified atom stereocenters. The number of hydrogen-bond donors (Lipinski definition) is 1. The summed E-state index contributed by atoms with van der Waals surface area (Å²) in [7, 11) is 0. The Hall–Kier alpha value is -1.22. The summed E-state index contributed by atoms with van der Waals surface area (Å²) in [5.74, 6) is -0.0227. The largest absolute Gasteiger partial charge is 0.466 e. The zero-order chi connectivity index (χ0) is 13.7. The van der Waals surface area contributed by atoms with Gasteiger partial charge in [0, 0.05) is 16.8 Å². The normalized spacial score (nSPS) is 22.8. The van der Waals surface area contributed by atoms with Crippen molar-refractivity contribution in [2.45, 2.75) is 38.6 Å². The number of rotatable bonds is 4. The summed E-state index contributed by atoms with van der Waals surface area (Å²) in [6.07, 6.45) is 3.92. The second kappa shape index (κ2) is 6.80. The first-order chi connectivity index (χ1) is 9.19. The molecule has 2 rings (SSSR count). The van der Waals surface area contributed by atoms with Crippen molar-refractivity contribution < 1.29 is 9.53 Å². The van der Waals surface area contributed by atoms with Crippen LogP contribution in [0.5, 0.6) is 0 Å². The van der Waals surface area contributed by atoms with E-state index in [9.17, 15) is 4.79 Å². The summed E-state index contributed by atoms with van der Waals surface area (Å²) in [5.41, 5.74) is 1.02. The van der Waals surface area contributed by atoms with Crippen molar-refractivity contribution in [1.29, 1.82) is 0 Å². The summed E-state index contributed by atoms with van der Waals surface area (Å²) >= 11 is 5.97. The molecule has 0 radical (unpaired) electrons. The lowest BCUT2D eigenvalue weighted by molar-refractivity contribution is -0.149. The van der Waals surface area contributed by atoms with E-state index in [1.165, 1.54) is 0 Å². The van der Waals surface area contributed by atoms with E-state index in [1.807, 2.05) is 31.2 Å². The molecule has 1 aliphatic carbocycles. The summed E-state index contributed by atoms with van der Waals surface area (Å²) in [4.78, 5) is 11.8. The first-order valence-electron chi connectivity index (χ1n) is 6.87. The number of esters is 1. The number of hydrogen-bond acceptors (Lipinski definition) is 3. The molecule has 2 atom stereocenters. The maximum absolute atomic E-state index is 11.8. The van der Waals surface area contributed by atoms with E-state index in [-0.39, 0.29) is 11.9 Å². The Morgan fingerprint density at radius 2 is 2.32 bits per heavy atom. The molecule has 1 aromatic rings. The van der Waals surface area contributed by atoms with Crippen LogP contribution in [0.1, 0.15) is 32.6 Å². The van der Waals surface area contributed by atoms with Crippen LogP contribution in [0.2, 0.25) is 5.02 Å². The predicted molar refractivity (Wildman–Crippen MR) is 77.5 cm³/mol. The van der Waals surface area contributed by atoms with Gasteiger partial charge in [-0.1, -0.05) is 24.1 Å². The average molecular weight is 282 g/mol. The van der Waals surface area contributed by atoms with Crippen molar-refractivity contribution in [3.05, 3.63) is 29.3 Å². The first-order valence-corrected chi connectivity index (χ1v) is 7.25. The van der Waals surface area contributed by atoms with Gasteiger partial charge in [0.1, 0.15) is 0 Å². The molecule has 0 aliphatic heterocycles. The second-order valence-electron chi connectivity index (χ2n) is 4.97. The molecule has 104 valence electrons. The molecule has 0 bridgehead atoms. The summed E-state index contributed by atoms with van der Waals surface area (Å²) in [6, 6.07) is 8.02. The monoisotopic (exact) mass is 281 g/mol. The molecular formula is C15H20ClNO2. The second-order valence-corrected chi connectivity index (χ2v) is 5.40. The van der Waals surface area contributed by atoms with Crippen LogP contribution in [0.25, 0.3) is 0 Å². The SMILES string of the molecule is CCOC(=O)C1CCCC(Nc2cccc(Cl)c2)C1. The number of nitrogens with one attached hydrogen (secondary N) is 1. The van der Waals surface area contributed by atoms with Gasteiger partial charge in [0.25, 0.3) is 0 Å². The summed E-state index contributed by atoms with van der Waals surface area (Å²) in [6.45, 7) is 2.31. The molecule has 3 nitrogen and oxygen atoms in total. The molecule has 1 fully saturated rings. The Balaban J connectivity index is 1.92. The van der Waals surface area contributed by atoms with Gasteiger partial charge in [0.15, 0.2) is 0 Å². The molecule has 1 aromatic carbocycles. The van der Waals surface area contributed by atoms with Gasteiger partial charge < -0.3 is 10.1 Å². The van der Waals surface area contributed by atoms with Crippen molar-refractivity contribution in [1.82, 2.24) is 0 Å². The van der Waals surface area contributed by atoms with Gasteiger partial charge in [0.2, 0.25) is 0 Å². The lowest BCUT2D eigenvalue weighted by Crippen LogP contribution is -2.32. The van der Waals surface area contributed by atoms with Crippen LogP contribution in [0, 0.1) is 5.92 Å². The van der Waals surface area contributed by atoms with Crippen molar-refractivity contribution in [3.63, 3.8) is 0 Å². The number of halogens is 1. The Bertz CT molecular complexity index is 436. The third-order valence-electron chi connectivity index (χ3n) is 3.49. The molecular weight excluding hydrogens is 262 g/mol. The highest BCUT2D eigenvalue weighted by Crippen LogP contribution is 2.28. The minimum absolute atomic E-state index is 0.0328. The zero-order valence-electron chi connectivity index (χ0n) is 11.2. The minimum Gasteiger partial charge on any atom is -0.466 e. The van der Waals surface area contributed by atoms with Crippen LogP contribution >= 0.6 is 11.6 Å². The van der Waals surface area contributed by atoms with Gasteiger partial charge in [-0.15, -0.1) is 0 Å². The van der Waals surface area contributed by atoms with Crippen LogP contribution in [0.4, 0.5) is 5.69 Å².